The highest BCUT2D eigenvalue weighted by Crippen LogP contribution is 2.14. The summed E-state index contributed by atoms with van der Waals surface area (Å²) in [6, 6.07) is 7.48. The van der Waals surface area contributed by atoms with Crippen molar-refractivity contribution in [3.8, 4) is 5.69 Å². The molecular weight excluding hydrogens is 252 g/mol. The molecule has 5 nitrogen and oxygen atoms in total. The average molecular weight is 265 g/mol. The Morgan fingerprint density at radius 2 is 2.11 bits per heavy atom. The molecule has 1 heterocycles. The Labute approximate surface area is 110 Å². The minimum absolute atomic E-state index is 0.0310. The standard InChI is InChI=1S/C12H13ClN4O/c13-6-2-5-12(18)16-10-3-1-4-11(7-10)17-8-14-15-9-17/h1,3-4,7-9H,2,5-6H2,(H,16,18). The van der Waals surface area contributed by atoms with Gasteiger partial charge in [0, 0.05) is 18.0 Å². The quantitative estimate of drug-likeness (QED) is 0.843. The predicted octanol–water partition coefficient (Wildman–Crippen LogP) is 2.22. The van der Waals surface area contributed by atoms with Crippen molar-refractivity contribution in [1.29, 1.82) is 0 Å². The van der Waals surface area contributed by atoms with Crippen LogP contribution in [0.25, 0.3) is 5.69 Å². The van der Waals surface area contributed by atoms with Gasteiger partial charge in [0.25, 0.3) is 0 Å². The minimum atomic E-state index is -0.0310. The molecule has 1 amide bonds. The van der Waals surface area contributed by atoms with Crippen LogP contribution in [0, 0.1) is 0 Å². The second kappa shape index (κ2) is 6.16. The van der Waals surface area contributed by atoms with Crippen LogP contribution in [0.3, 0.4) is 0 Å². The van der Waals surface area contributed by atoms with E-state index in [1.54, 1.807) is 17.2 Å². The lowest BCUT2D eigenvalue weighted by atomic mass is 10.2. The largest absolute Gasteiger partial charge is 0.326 e. The van der Waals surface area contributed by atoms with Crippen LogP contribution in [0.15, 0.2) is 36.9 Å². The smallest absolute Gasteiger partial charge is 0.224 e. The molecule has 0 saturated heterocycles. The molecule has 2 aromatic rings. The topological polar surface area (TPSA) is 59.8 Å². The molecule has 1 N–H and O–H groups in total. The van der Waals surface area contributed by atoms with E-state index in [2.05, 4.69) is 15.5 Å². The molecule has 1 aromatic heterocycles. The first kappa shape index (κ1) is 12.6. The fourth-order valence-corrected chi connectivity index (χ4v) is 1.66. The Morgan fingerprint density at radius 1 is 1.33 bits per heavy atom. The summed E-state index contributed by atoms with van der Waals surface area (Å²) in [7, 11) is 0. The van der Waals surface area contributed by atoms with Gasteiger partial charge in [0.05, 0.1) is 5.69 Å². The molecule has 2 rings (SSSR count). The molecule has 0 fully saturated rings. The van der Waals surface area contributed by atoms with Gasteiger partial charge in [-0.3, -0.25) is 9.36 Å². The molecule has 0 atom stereocenters. The van der Waals surface area contributed by atoms with Crippen LogP contribution < -0.4 is 5.32 Å². The van der Waals surface area contributed by atoms with Crippen molar-refractivity contribution in [2.45, 2.75) is 12.8 Å². The molecule has 0 aliphatic carbocycles. The summed E-state index contributed by atoms with van der Waals surface area (Å²) in [5, 5.41) is 10.3. The van der Waals surface area contributed by atoms with Crippen LogP contribution in [-0.4, -0.2) is 26.6 Å². The highest BCUT2D eigenvalue weighted by atomic mass is 35.5. The van der Waals surface area contributed by atoms with E-state index in [1.165, 1.54) is 0 Å². The lowest BCUT2D eigenvalue weighted by Gasteiger charge is -2.07. The van der Waals surface area contributed by atoms with Gasteiger partial charge in [-0.05, 0) is 24.6 Å². The highest BCUT2D eigenvalue weighted by Gasteiger charge is 2.03. The third kappa shape index (κ3) is 3.30. The summed E-state index contributed by atoms with van der Waals surface area (Å²) in [5.74, 6) is 0.463. The number of alkyl halides is 1. The van der Waals surface area contributed by atoms with Gasteiger partial charge < -0.3 is 5.32 Å². The molecule has 94 valence electrons. The number of nitrogens with zero attached hydrogens (tertiary/aromatic N) is 3. The number of amides is 1. The van der Waals surface area contributed by atoms with E-state index in [1.807, 2.05) is 24.3 Å². The van der Waals surface area contributed by atoms with Crippen molar-refractivity contribution in [3.63, 3.8) is 0 Å². The van der Waals surface area contributed by atoms with Crippen LogP contribution in [0.4, 0.5) is 5.69 Å². The van der Waals surface area contributed by atoms with E-state index < -0.39 is 0 Å². The number of rotatable bonds is 5. The molecule has 0 bridgehead atoms. The number of aromatic nitrogens is 3. The SMILES string of the molecule is O=C(CCCCl)Nc1cccc(-n2cnnc2)c1. The fourth-order valence-electron chi connectivity index (χ4n) is 1.53. The minimum Gasteiger partial charge on any atom is -0.326 e. The number of nitrogens with one attached hydrogen (secondary N) is 1. The second-order valence-corrected chi connectivity index (χ2v) is 4.14. The van der Waals surface area contributed by atoms with Gasteiger partial charge in [-0.15, -0.1) is 21.8 Å². The Kier molecular flexibility index (Phi) is 4.30. The Hall–Kier alpha value is -1.88. The molecular formula is C12H13ClN4O. The normalized spacial score (nSPS) is 10.3. The van der Waals surface area contributed by atoms with Gasteiger partial charge in [-0.1, -0.05) is 6.07 Å². The monoisotopic (exact) mass is 264 g/mol. The number of benzene rings is 1. The van der Waals surface area contributed by atoms with E-state index in [0.717, 1.165) is 11.4 Å². The maximum atomic E-state index is 11.6. The van der Waals surface area contributed by atoms with Crippen molar-refractivity contribution in [3.05, 3.63) is 36.9 Å². The fraction of sp³-hybridized carbons (Fsp3) is 0.250. The van der Waals surface area contributed by atoms with Crippen molar-refractivity contribution in [2.75, 3.05) is 11.2 Å². The third-order valence-corrected chi connectivity index (χ3v) is 2.65. The van der Waals surface area contributed by atoms with Gasteiger partial charge in [-0.25, -0.2) is 0 Å². The summed E-state index contributed by atoms with van der Waals surface area (Å²) in [4.78, 5) is 11.6. The summed E-state index contributed by atoms with van der Waals surface area (Å²) < 4.78 is 1.77. The summed E-state index contributed by atoms with van der Waals surface area (Å²) >= 11 is 5.54. The average Bonchev–Trinajstić information content (AvgIpc) is 2.90. The molecule has 0 aliphatic heterocycles. The molecule has 18 heavy (non-hydrogen) atoms. The van der Waals surface area contributed by atoms with Crippen molar-refractivity contribution < 1.29 is 4.79 Å². The molecule has 0 radical (unpaired) electrons. The van der Waals surface area contributed by atoms with Crippen molar-refractivity contribution in [1.82, 2.24) is 14.8 Å². The third-order valence-electron chi connectivity index (χ3n) is 2.38. The number of halogens is 1. The first-order chi connectivity index (χ1) is 8.79. The summed E-state index contributed by atoms with van der Waals surface area (Å²) in [6.45, 7) is 0. The number of hydrogen-bond donors (Lipinski definition) is 1. The van der Waals surface area contributed by atoms with Gasteiger partial charge in [-0.2, -0.15) is 0 Å². The number of carbonyl (C=O) groups is 1. The molecule has 0 aliphatic rings. The van der Waals surface area contributed by atoms with Gasteiger partial charge >= 0.3 is 0 Å². The molecule has 6 heteroatoms. The Balaban J connectivity index is 2.06. The Bertz CT molecular complexity index is 513. The number of hydrogen-bond acceptors (Lipinski definition) is 3. The van der Waals surface area contributed by atoms with E-state index in [9.17, 15) is 4.79 Å². The van der Waals surface area contributed by atoms with E-state index in [-0.39, 0.29) is 5.91 Å². The van der Waals surface area contributed by atoms with E-state index in [4.69, 9.17) is 11.6 Å². The lowest BCUT2D eigenvalue weighted by molar-refractivity contribution is -0.116. The van der Waals surface area contributed by atoms with Crippen LogP contribution in [0.5, 0.6) is 0 Å². The molecule has 0 spiro atoms. The Morgan fingerprint density at radius 3 is 2.83 bits per heavy atom. The lowest BCUT2D eigenvalue weighted by Crippen LogP contribution is -2.11. The van der Waals surface area contributed by atoms with Gasteiger partial charge in [0.1, 0.15) is 12.7 Å². The van der Waals surface area contributed by atoms with Crippen LogP contribution in [-0.2, 0) is 4.79 Å². The van der Waals surface area contributed by atoms with Crippen LogP contribution in [0.2, 0.25) is 0 Å². The van der Waals surface area contributed by atoms with Crippen LogP contribution >= 0.6 is 11.6 Å². The maximum absolute atomic E-state index is 11.6. The second-order valence-electron chi connectivity index (χ2n) is 3.76. The highest BCUT2D eigenvalue weighted by molar-refractivity contribution is 6.18. The van der Waals surface area contributed by atoms with Gasteiger partial charge in [0.2, 0.25) is 5.91 Å². The summed E-state index contributed by atoms with van der Waals surface area (Å²) in [5.41, 5.74) is 1.65. The molecule has 1 aromatic carbocycles. The van der Waals surface area contributed by atoms with Crippen molar-refractivity contribution >= 4 is 23.2 Å². The zero-order chi connectivity index (χ0) is 12.8. The predicted molar refractivity (Wildman–Crippen MR) is 69.9 cm³/mol. The first-order valence-corrected chi connectivity index (χ1v) is 6.14. The van der Waals surface area contributed by atoms with Crippen LogP contribution in [0.1, 0.15) is 12.8 Å². The summed E-state index contributed by atoms with van der Waals surface area (Å²) in [6.07, 6.45) is 4.32. The first-order valence-electron chi connectivity index (χ1n) is 5.60. The zero-order valence-electron chi connectivity index (χ0n) is 9.71. The zero-order valence-corrected chi connectivity index (χ0v) is 10.5. The number of anilines is 1. The number of carbonyl (C=O) groups excluding carboxylic acids is 1. The molecule has 0 saturated carbocycles. The molecule has 0 unspecified atom stereocenters. The van der Waals surface area contributed by atoms with E-state index in [0.29, 0.717) is 18.7 Å². The van der Waals surface area contributed by atoms with Gasteiger partial charge in [0.15, 0.2) is 0 Å². The maximum Gasteiger partial charge on any atom is 0.224 e. The van der Waals surface area contributed by atoms with E-state index >= 15 is 0 Å². The van der Waals surface area contributed by atoms with Crippen molar-refractivity contribution in [2.24, 2.45) is 0 Å².